The second-order valence-electron chi connectivity index (χ2n) is 3.04. The van der Waals surface area contributed by atoms with Gasteiger partial charge in [-0.15, -0.1) is 6.58 Å². The van der Waals surface area contributed by atoms with Crippen molar-refractivity contribution in [3.8, 4) is 0 Å². The van der Waals surface area contributed by atoms with Crippen LogP contribution in [0, 0.1) is 0 Å². The fourth-order valence-electron chi connectivity index (χ4n) is 1.07. The Morgan fingerprint density at radius 2 is 1.93 bits per heavy atom. The van der Waals surface area contributed by atoms with Gasteiger partial charge < -0.3 is 4.74 Å². The predicted octanol–water partition coefficient (Wildman–Crippen LogP) is 3.06. The average Bonchev–Trinajstić information content (AvgIpc) is 2.29. The van der Waals surface area contributed by atoms with Crippen molar-refractivity contribution in [2.75, 3.05) is 6.61 Å². The van der Waals surface area contributed by atoms with E-state index in [0.29, 0.717) is 18.6 Å². The van der Waals surface area contributed by atoms with Gasteiger partial charge in [-0.25, -0.2) is 4.79 Å². The zero-order chi connectivity index (χ0) is 11.1. The Labute approximate surface area is 89.9 Å². The molecule has 15 heavy (non-hydrogen) atoms. The molecule has 0 amide bonds. The minimum absolute atomic E-state index is 0.299. The molecule has 0 saturated carbocycles. The zero-order valence-corrected chi connectivity index (χ0v) is 8.61. The number of carbonyl (C=O) groups is 1. The van der Waals surface area contributed by atoms with Crippen LogP contribution in [-0.4, -0.2) is 12.6 Å². The summed E-state index contributed by atoms with van der Waals surface area (Å²) in [6, 6.07) is 7.12. The van der Waals surface area contributed by atoms with Gasteiger partial charge in [-0.1, -0.05) is 30.9 Å². The fraction of sp³-hybridized carbons (Fsp3) is 0.154. The lowest BCUT2D eigenvalue weighted by Crippen LogP contribution is -2.05. The molecule has 1 aromatic carbocycles. The number of hydrogen-bond donors (Lipinski definition) is 0. The van der Waals surface area contributed by atoms with Gasteiger partial charge in [-0.2, -0.15) is 0 Å². The van der Waals surface area contributed by atoms with Crippen molar-refractivity contribution in [2.45, 2.75) is 6.42 Å². The Kier molecular flexibility index (Phi) is 4.35. The summed E-state index contributed by atoms with van der Waals surface area (Å²) in [5.74, 6) is -0.299. The van der Waals surface area contributed by atoms with E-state index in [0.717, 1.165) is 5.56 Å². The number of rotatable bonds is 5. The van der Waals surface area contributed by atoms with E-state index in [1.165, 1.54) is 0 Å². The lowest BCUT2D eigenvalue weighted by molar-refractivity contribution is 0.0512. The summed E-state index contributed by atoms with van der Waals surface area (Å²) in [5.41, 5.74) is 1.54. The van der Waals surface area contributed by atoms with Crippen LogP contribution in [0.1, 0.15) is 22.3 Å². The molecule has 0 atom stereocenters. The molecule has 0 saturated heterocycles. The van der Waals surface area contributed by atoms with E-state index in [-0.39, 0.29) is 5.97 Å². The lowest BCUT2D eigenvalue weighted by atomic mass is 10.1. The summed E-state index contributed by atoms with van der Waals surface area (Å²) in [6.45, 7) is 7.57. The van der Waals surface area contributed by atoms with Gasteiger partial charge >= 0.3 is 5.97 Å². The van der Waals surface area contributed by atoms with Gasteiger partial charge in [-0.05, 0) is 24.1 Å². The maximum absolute atomic E-state index is 11.4. The van der Waals surface area contributed by atoms with Crippen LogP contribution in [0.4, 0.5) is 0 Å². The number of esters is 1. The van der Waals surface area contributed by atoms with E-state index in [9.17, 15) is 4.79 Å². The van der Waals surface area contributed by atoms with Crippen molar-refractivity contribution in [3.05, 3.63) is 54.6 Å². The van der Waals surface area contributed by atoms with Crippen LogP contribution in [0.5, 0.6) is 0 Å². The van der Waals surface area contributed by atoms with Crippen molar-refractivity contribution in [2.24, 2.45) is 0 Å². The molecular weight excluding hydrogens is 188 g/mol. The molecule has 0 fully saturated rings. The van der Waals surface area contributed by atoms with Gasteiger partial charge in [0, 0.05) is 0 Å². The summed E-state index contributed by atoms with van der Waals surface area (Å²) in [5, 5.41) is 0. The molecule has 1 rings (SSSR count). The van der Waals surface area contributed by atoms with Crippen LogP contribution in [0.15, 0.2) is 43.5 Å². The monoisotopic (exact) mass is 202 g/mol. The van der Waals surface area contributed by atoms with E-state index in [4.69, 9.17) is 4.74 Å². The second-order valence-corrected chi connectivity index (χ2v) is 3.04. The molecule has 2 heteroatoms. The smallest absolute Gasteiger partial charge is 0.338 e. The van der Waals surface area contributed by atoms with Crippen LogP contribution in [0.2, 0.25) is 0 Å². The first-order valence-electron chi connectivity index (χ1n) is 4.78. The predicted molar refractivity (Wildman–Crippen MR) is 61.6 cm³/mol. The number of carbonyl (C=O) groups excluding carboxylic acids is 1. The van der Waals surface area contributed by atoms with Gasteiger partial charge in [0.2, 0.25) is 0 Å². The largest absolute Gasteiger partial charge is 0.462 e. The normalized spacial score (nSPS) is 9.33. The third kappa shape index (κ3) is 3.43. The molecule has 0 unspecified atom stereocenters. The number of benzene rings is 1. The van der Waals surface area contributed by atoms with Gasteiger partial charge in [0.25, 0.3) is 0 Å². The van der Waals surface area contributed by atoms with Crippen molar-refractivity contribution in [1.82, 2.24) is 0 Å². The quantitative estimate of drug-likeness (QED) is 0.416. The van der Waals surface area contributed by atoms with Crippen molar-refractivity contribution in [3.63, 3.8) is 0 Å². The minimum atomic E-state index is -0.299. The van der Waals surface area contributed by atoms with Gasteiger partial charge in [-0.3, -0.25) is 0 Å². The third-order valence-electron chi connectivity index (χ3n) is 1.94. The Morgan fingerprint density at radius 1 is 1.27 bits per heavy atom. The van der Waals surface area contributed by atoms with Crippen molar-refractivity contribution in [1.29, 1.82) is 0 Å². The van der Waals surface area contributed by atoms with Crippen LogP contribution in [0.25, 0.3) is 6.08 Å². The lowest BCUT2D eigenvalue weighted by Gasteiger charge is -2.03. The molecule has 0 radical (unpaired) electrons. The summed E-state index contributed by atoms with van der Waals surface area (Å²) < 4.78 is 5.01. The van der Waals surface area contributed by atoms with Crippen LogP contribution in [-0.2, 0) is 4.74 Å². The van der Waals surface area contributed by atoms with E-state index in [1.54, 1.807) is 24.3 Å². The highest BCUT2D eigenvalue weighted by molar-refractivity contribution is 5.89. The topological polar surface area (TPSA) is 26.3 Å². The molecular formula is C13H14O2. The highest BCUT2D eigenvalue weighted by Gasteiger charge is 2.05. The molecule has 0 N–H and O–H groups in total. The molecule has 78 valence electrons. The van der Waals surface area contributed by atoms with Crippen LogP contribution < -0.4 is 0 Å². The molecule has 0 aliphatic carbocycles. The minimum Gasteiger partial charge on any atom is -0.462 e. The van der Waals surface area contributed by atoms with Crippen molar-refractivity contribution >= 4 is 12.0 Å². The molecule has 0 aromatic heterocycles. The summed E-state index contributed by atoms with van der Waals surface area (Å²) >= 11 is 0. The molecule has 0 heterocycles. The first kappa shape index (κ1) is 11.2. The maximum atomic E-state index is 11.4. The standard InChI is InChI=1S/C13H14O2/c1-3-5-10-15-13(14)12-8-6-11(4-2)7-9-12/h3-4,6-9H,1-2,5,10H2. The first-order valence-corrected chi connectivity index (χ1v) is 4.78. The Morgan fingerprint density at radius 3 is 2.47 bits per heavy atom. The fourth-order valence-corrected chi connectivity index (χ4v) is 1.07. The Balaban J connectivity index is 2.57. The van der Waals surface area contributed by atoms with Gasteiger partial charge in [0.15, 0.2) is 0 Å². The highest BCUT2D eigenvalue weighted by atomic mass is 16.5. The third-order valence-corrected chi connectivity index (χ3v) is 1.94. The molecule has 2 nitrogen and oxygen atoms in total. The second kappa shape index (κ2) is 5.81. The first-order chi connectivity index (χ1) is 7.27. The molecule has 0 bridgehead atoms. The highest BCUT2D eigenvalue weighted by Crippen LogP contribution is 2.06. The van der Waals surface area contributed by atoms with Crippen LogP contribution in [0.3, 0.4) is 0 Å². The average molecular weight is 202 g/mol. The molecule has 0 spiro atoms. The Hall–Kier alpha value is -1.83. The molecule has 0 aliphatic rings. The van der Waals surface area contributed by atoms with Crippen LogP contribution >= 0.6 is 0 Å². The van der Waals surface area contributed by atoms with Gasteiger partial charge in [0.1, 0.15) is 0 Å². The SMILES string of the molecule is C=CCCOC(=O)c1ccc(C=C)cc1. The Bertz CT molecular complexity index is 349. The maximum Gasteiger partial charge on any atom is 0.338 e. The van der Waals surface area contributed by atoms with E-state index >= 15 is 0 Å². The molecule has 0 aliphatic heterocycles. The van der Waals surface area contributed by atoms with E-state index < -0.39 is 0 Å². The molecule has 1 aromatic rings. The number of hydrogen-bond acceptors (Lipinski definition) is 2. The summed E-state index contributed by atoms with van der Waals surface area (Å²) in [7, 11) is 0. The number of ether oxygens (including phenoxy) is 1. The van der Waals surface area contributed by atoms with E-state index in [1.807, 2.05) is 12.1 Å². The van der Waals surface area contributed by atoms with Gasteiger partial charge in [0.05, 0.1) is 12.2 Å². The summed E-state index contributed by atoms with van der Waals surface area (Å²) in [6.07, 6.45) is 4.12. The summed E-state index contributed by atoms with van der Waals surface area (Å²) in [4.78, 5) is 11.4. The zero-order valence-electron chi connectivity index (χ0n) is 8.61. The van der Waals surface area contributed by atoms with E-state index in [2.05, 4.69) is 13.2 Å². The van der Waals surface area contributed by atoms with Crippen molar-refractivity contribution < 1.29 is 9.53 Å².